The summed E-state index contributed by atoms with van der Waals surface area (Å²) in [6.45, 7) is 5.00. The molecule has 0 radical (unpaired) electrons. The minimum Gasteiger partial charge on any atom is -0.389 e. The van der Waals surface area contributed by atoms with Gasteiger partial charge in [-0.3, -0.25) is 0 Å². The molecule has 1 rings (SSSR count). The third-order valence-corrected chi connectivity index (χ3v) is 3.54. The van der Waals surface area contributed by atoms with Gasteiger partial charge in [-0.05, 0) is 24.8 Å². The van der Waals surface area contributed by atoms with Crippen LogP contribution in [0.2, 0.25) is 0 Å². The Hall–Kier alpha value is -0.810. The highest BCUT2D eigenvalue weighted by molar-refractivity contribution is 7.99. The maximum Gasteiger partial charge on any atom is 0.136 e. The van der Waals surface area contributed by atoms with Gasteiger partial charge in [0.1, 0.15) is 10.8 Å². The molecule has 0 saturated carbocycles. The standard InChI is InChI=1S/C11H17N3S2/c1-7-4-5-13-11(9(7)10(12)15)14-6-8(2)16-3/h4-5,8H,6H2,1-3H3,(H2,12,15)(H,13,14). The Morgan fingerprint density at radius 3 is 2.94 bits per heavy atom. The molecule has 3 N–H and O–H groups in total. The maximum atomic E-state index is 5.70. The van der Waals surface area contributed by atoms with E-state index in [-0.39, 0.29) is 0 Å². The molecule has 16 heavy (non-hydrogen) atoms. The molecule has 0 fully saturated rings. The van der Waals surface area contributed by atoms with Gasteiger partial charge in [0, 0.05) is 18.0 Å². The quantitative estimate of drug-likeness (QED) is 0.790. The molecule has 0 aliphatic rings. The Balaban J connectivity index is 2.87. The number of hydrogen-bond acceptors (Lipinski definition) is 4. The minimum atomic E-state index is 0.393. The summed E-state index contributed by atoms with van der Waals surface area (Å²) in [5.41, 5.74) is 7.61. The van der Waals surface area contributed by atoms with E-state index in [9.17, 15) is 0 Å². The first-order valence-electron chi connectivity index (χ1n) is 5.08. The molecule has 0 amide bonds. The second kappa shape index (κ2) is 6.06. The minimum absolute atomic E-state index is 0.393. The number of aromatic nitrogens is 1. The van der Waals surface area contributed by atoms with E-state index in [0.717, 1.165) is 23.5 Å². The predicted molar refractivity (Wildman–Crippen MR) is 76.3 cm³/mol. The summed E-state index contributed by atoms with van der Waals surface area (Å²) in [5.74, 6) is 0.786. The zero-order valence-electron chi connectivity index (χ0n) is 9.78. The number of nitrogens with two attached hydrogens (primary N) is 1. The number of anilines is 1. The molecule has 1 atom stereocenters. The van der Waals surface area contributed by atoms with Crippen molar-refractivity contribution in [3.05, 3.63) is 23.4 Å². The summed E-state index contributed by atoms with van der Waals surface area (Å²) in [6.07, 6.45) is 3.85. The highest BCUT2D eigenvalue weighted by atomic mass is 32.2. The van der Waals surface area contributed by atoms with Crippen LogP contribution in [0.1, 0.15) is 18.1 Å². The molecule has 1 aromatic heterocycles. The van der Waals surface area contributed by atoms with Crippen LogP contribution >= 0.6 is 24.0 Å². The Morgan fingerprint density at radius 2 is 2.38 bits per heavy atom. The summed E-state index contributed by atoms with van der Waals surface area (Å²) >= 11 is 6.85. The molecule has 0 spiro atoms. The van der Waals surface area contributed by atoms with Gasteiger partial charge in [-0.2, -0.15) is 11.8 Å². The van der Waals surface area contributed by atoms with Gasteiger partial charge >= 0.3 is 0 Å². The molecule has 5 heteroatoms. The summed E-state index contributed by atoms with van der Waals surface area (Å²) in [6, 6.07) is 1.91. The van der Waals surface area contributed by atoms with Crippen LogP contribution in [-0.2, 0) is 0 Å². The number of pyridine rings is 1. The molecule has 0 bridgehead atoms. The highest BCUT2D eigenvalue weighted by Gasteiger charge is 2.10. The molecule has 0 saturated heterocycles. The number of nitrogens with zero attached hydrogens (tertiary/aromatic N) is 1. The van der Waals surface area contributed by atoms with E-state index in [4.69, 9.17) is 18.0 Å². The van der Waals surface area contributed by atoms with Gasteiger partial charge in [-0.15, -0.1) is 0 Å². The zero-order chi connectivity index (χ0) is 12.1. The number of aryl methyl sites for hydroxylation is 1. The van der Waals surface area contributed by atoms with Crippen molar-refractivity contribution in [2.24, 2.45) is 5.73 Å². The average molecular weight is 255 g/mol. The third-order valence-electron chi connectivity index (χ3n) is 2.37. The lowest BCUT2D eigenvalue weighted by Crippen LogP contribution is -2.19. The van der Waals surface area contributed by atoms with Gasteiger partial charge in [0.2, 0.25) is 0 Å². The Morgan fingerprint density at radius 1 is 1.69 bits per heavy atom. The van der Waals surface area contributed by atoms with E-state index in [1.807, 2.05) is 24.8 Å². The topological polar surface area (TPSA) is 50.9 Å². The van der Waals surface area contributed by atoms with E-state index in [1.165, 1.54) is 0 Å². The maximum absolute atomic E-state index is 5.70. The van der Waals surface area contributed by atoms with E-state index in [0.29, 0.717) is 10.2 Å². The summed E-state index contributed by atoms with van der Waals surface area (Å²) in [7, 11) is 0. The Bertz CT molecular complexity index is 379. The van der Waals surface area contributed by atoms with Crippen molar-refractivity contribution in [3.8, 4) is 0 Å². The fourth-order valence-corrected chi connectivity index (χ4v) is 1.83. The van der Waals surface area contributed by atoms with Gasteiger partial charge in [0.05, 0.1) is 5.56 Å². The first-order valence-corrected chi connectivity index (χ1v) is 6.78. The zero-order valence-corrected chi connectivity index (χ0v) is 11.4. The normalized spacial score (nSPS) is 12.2. The van der Waals surface area contributed by atoms with Crippen molar-refractivity contribution >= 4 is 34.8 Å². The lowest BCUT2D eigenvalue weighted by molar-refractivity contribution is 0.989. The second-order valence-corrected chi connectivity index (χ2v) is 5.36. The van der Waals surface area contributed by atoms with Crippen LogP contribution < -0.4 is 11.1 Å². The van der Waals surface area contributed by atoms with Crippen molar-refractivity contribution < 1.29 is 0 Å². The first kappa shape index (κ1) is 13.3. The van der Waals surface area contributed by atoms with Crippen molar-refractivity contribution in [1.29, 1.82) is 0 Å². The molecule has 1 unspecified atom stereocenters. The SMILES string of the molecule is CSC(C)CNc1nccc(C)c1C(N)=S. The molecule has 0 aliphatic carbocycles. The number of thioether (sulfide) groups is 1. The first-order chi connectivity index (χ1) is 7.56. The Labute approximate surface area is 106 Å². The van der Waals surface area contributed by atoms with Crippen molar-refractivity contribution in [1.82, 2.24) is 4.98 Å². The lowest BCUT2D eigenvalue weighted by atomic mass is 10.1. The van der Waals surface area contributed by atoms with Gasteiger partial charge < -0.3 is 11.1 Å². The molecule has 88 valence electrons. The van der Waals surface area contributed by atoms with Gasteiger partial charge in [0.25, 0.3) is 0 Å². The lowest BCUT2D eigenvalue weighted by Gasteiger charge is -2.14. The summed E-state index contributed by atoms with van der Waals surface area (Å²) < 4.78 is 0. The van der Waals surface area contributed by atoms with Crippen LogP contribution in [-0.4, -0.2) is 28.0 Å². The number of rotatable bonds is 5. The highest BCUT2D eigenvalue weighted by Crippen LogP contribution is 2.17. The molecule has 3 nitrogen and oxygen atoms in total. The summed E-state index contributed by atoms with van der Waals surface area (Å²) in [4.78, 5) is 4.67. The number of hydrogen-bond donors (Lipinski definition) is 2. The predicted octanol–water partition coefficient (Wildman–Crippen LogP) is 2.19. The second-order valence-electron chi connectivity index (χ2n) is 3.64. The Kier molecular flexibility index (Phi) is 5.02. The van der Waals surface area contributed by atoms with Gasteiger partial charge in [-0.1, -0.05) is 19.1 Å². The summed E-state index contributed by atoms with van der Waals surface area (Å²) in [5, 5.41) is 3.82. The van der Waals surface area contributed by atoms with Crippen LogP contribution in [0.3, 0.4) is 0 Å². The molecule has 1 aromatic rings. The van der Waals surface area contributed by atoms with Gasteiger partial charge in [-0.25, -0.2) is 4.98 Å². The van der Waals surface area contributed by atoms with Crippen molar-refractivity contribution in [2.75, 3.05) is 18.1 Å². The van der Waals surface area contributed by atoms with Crippen LogP contribution in [0.25, 0.3) is 0 Å². The van der Waals surface area contributed by atoms with E-state index in [1.54, 1.807) is 6.20 Å². The number of thiocarbonyl (C=S) groups is 1. The average Bonchev–Trinajstić information content (AvgIpc) is 2.25. The fourth-order valence-electron chi connectivity index (χ4n) is 1.33. The van der Waals surface area contributed by atoms with E-state index >= 15 is 0 Å². The molecule has 1 heterocycles. The van der Waals surface area contributed by atoms with E-state index in [2.05, 4.69) is 23.5 Å². The largest absolute Gasteiger partial charge is 0.389 e. The molecular weight excluding hydrogens is 238 g/mol. The molecule has 0 aromatic carbocycles. The molecule has 0 aliphatic heterocycles. The molecular formula is C11H17N3S2. The number of nitrogens with one attached hydrogen (secondary N) is 1. The van der Waals surface area contributed by atoms with Gasteiger partial charge in [0.15, 0.2) is 0 Å². The van der Waals surface area contributed by atoms with E-state index < -0.39 is 0 Å². The van der Waals surface area contributed by atoms with Crippen LogP contribution in [0, 0.1) is 6.92 Å². The van der Waals surface area contributed by atoms with Crippen LogP contribution in [0.5, 0.6) is 0 Å². The van der Waals surface area contributed by atoms with Crippen LogP contribution in [0.4, 0.5) is 5.82 Å². The van der Waals surface area contributed by atoms with Crippen LogP contribution in [0.15, 0.2) is 12.3 Å². The third kappa shape index (κ3) is 3.35. The van der Waals surface area contributed by atoms with Crippen molar-refractivity contribution in [3.63, 3.8) is 0 Å². The van der Waals surface area contributed by atoms with Crippen molar-refractivity contribution in [2.45, 2.75) is 19.1 Å². The fraction of sp³-hybridized carbons (Fsp3) is 0.455. The smallest absolute Gasteiger partial charge is 0.136 e. The monoisotopic (exact) mass is 255 g/mol.